The van der Waals surface area contributed by atoms with Gasteiger partial charge in [0.1, 0.15) is 0 Å². The van der Waals surface area contributed by atoms with Gasteiger partial charge in [0, 0.05) is 0 Å². The summed E-state index contributed by atoms with van der Waals surface area (Å²) in [5.41, 5.74) is 11.5. The first kappa shape index (κ1) is 28.0. The van der Waals surface area contributed by atoms with Gasteiger partial charge in [-0.1, -0.05) is 105 Å². The maximum atomic E-state index is 5.57. The number of hydrogen-bond donors (Lipinski definition) is 2. The van der Waals surface area contributed by atoms with Crippen LogP contribution in [0.25, 0.3) is 0 Å². The molecule has 0 aliphatic rings. The summed E-state index contributed by atoms with van der Waals surface area (Å²) < 4.78 is 0. The molecule has 158 valence electrons. The van der Waals surface area contributed by atoms with E-state index in [4.69, 9.17) is 11.5 Å². The SMILES string of the molecule is Br.CCCCCCCCCCCCCC(C)(C)C(C)(C)C(C)N=C(N)N. The molecule has 4 N–H and O–H groups in total. The largest absolute Gasteiger partial charge is 0.370 e. The number of aliphatic imine (C=N–C) groups is 1. The minimum absolute atomic E-state index is 0. The van der Waals surface area contributed by atoms with E-state index >= 15 is 0 Å². The van der Waals surface area contributed by atoms with E-state index in [-0.39, 0.29) is 39.8 Å². The molecule has 0 amide bonds. The van der Waals surface area contributed by atoms with Gasteiger partial charge in [0.2, 0.25) is 0 Å². The molecule has 0 aromatic carbocycles. The Bertz CT molecular complexity index is 360. The molecule has 3 nitrogen and oxygen atoms in total. The van der Waals surface area contributed by atoms with Crippen LogP contribution in [0.4, 0.5) is 0 Å². The Hall–Kier alpha value is -0.250. The number of unbranched alkanes of at least 4 members (excludes halogenated alkanes) is 10. The van der Waals surface area contributed by atoms with Crippen molar-refractivity contribution in [2.75, 3.05) is 0 Å². The fraction of sp³-hybridized carbons (Fsp3) is 0.955. The number of halogens is 1. The molecule has 1 atom stereocenters. The van der Waals surface area contributed by atoms with E-state index in [9.17, 15) is 0 Å². The predicted octanol–water partition coefficient (Wildman–Crippen LogP) is 6.98. The van der Waals surface area contributed by atoms with Crippen LogP contribution in [0.5, 0.6) is 0 Å². The molecule has 0 aromatic heterocycles. The number of guanidine groups is 1. The summed E-state index contributed by atoms with van der Waals surface area (Å²) in [5.74, 6) is 0.200. The standard InChI is InChI=1S/C22H47N3.BrH/c1-7-8-9-10-11-12-13-14-15-16-17-18-21(3,4)22(5,6)19(2)25-20(23)24;/h19H,7-18H2,1-6H3,(H4,23,24,25);1H. The fourth-order valence-corrected chi connectivity index (χ4v) is 3.50. The molecule has 0 saturated carbocycles. The van der Waals surface area contributed by atoms with Gasteiger partial charge in [0.05, 0.1) is 6.04 Å². The first-order valence-electron chi connectivity index (χ1n) is 10.7. The van der Waals surface area contributed by atoms with E-state index in [0.717, 1.165) is 0 Å². The highest BCUT2D eigenvalue weighted by Gasteiger charge is 2.40. The van der Waals surface area contributed by atoms with Crippen molar-refractivity contribution < 1.29 is 0 Å². The Morgan fingerprint density at radius 3 is 1.54 bits per heavy atom. The van der Waals surface area contributed by atoms with Gasteiger partial charge in [-0.15, -0.1) is 17.0 Å². The van der Waals surface area contributed by atoms with Crippen LogP contribution >= 0.6 is 17.0 Å². The highest BCUT2D eigenvalue weighted by Crippen LogP contribution is 2.46. The van der Waals surface area contributed by atoms with Gasteiger partial charge in [-0.3, -0.25) is 4.99 Å². The molecule has 4 heteroatoms. The van der Waals surface area contributed by atoms with E-state index < -0.39 is 0 Å². The molecular weight excluding hydrogens is 386 g/mol. The summed E-state index contributed by atoms with van der Waals surface area (Å²) in [4.78, 5) is 4.39. The molecule has 0 aromatic rings. The summed E-state index contributed by atoms with van der Waals surface area (Å²) in [6, 6.07) is 0.139. The predicted molar refractivity (Wildman–Crippen MR) is 124 cm³/mol. The number of nitrogens with zero attached hydrogens (tertiary/aromatic N) is 1. The van der Waals surface area contributed by atoms with Crippen molar-refractivity contribution in [3.05, 3.63) is 0 Å². The lowest BCUT2D eigenvalue weighted by Gasteiger charge is -2.44. The highest BCUT2D eigenvalue weighted by molar-refractivity contribution is 8.93. The maximum Gasteiger partial charge on any atom is 0.186 e. The summed E-state index contributed by atoms with van der Waals surface area (Å²) in [7, 11) is 0. The first-order chi connectivity index (χ1) is 11.6. The molecule has 0 aliphatic heterocycles. The number of rotatable bonds is 15. The first-order valence-corrected chi connectivity index (χ1v) is 10.7. The van der Waals surface area contributed by atoms with Crippen molar-refractivity contribution in [1.29, 1.82) is 0 Å². The smallest absolute Gasteiger partial charge is 0.186 e. The Kier molecular flexibility index (Phi) is 15.9. The van der Waals surface area contributed by atoms with E-state index in [0.29, 0.717) is 0 Å². The molecule has 0 spiro atoms. The zero-order chi connectivity index (χ0) is 19.3. The van der Waals surface area contributed by atoms with Gasteiger partial charge in [0.25, 0.3) is 0 Å². The van der Waals surface area contributed by atoms with Gasteiger partial charge in [-0.05, 0) is 24.2 Å². The second kappa shape index (κ2) is 14.8. The molecular formula is C22H48BrN3. The third-order valence-corrected chi connectivity index (χ3v) is 6.54. The van der Waals surface area contributed by atoms with Gasteiger partial charge in [-0.25, -0.2) is 0 Å². The summed E-state index contributed by atoms with van der Waals surface area (Å²) in [6.45, 7) is 13.7. The van der Waals surface area contributed by atoms with Crippen molar-refractivity contribution in [3.63, 3.8) is 0 Å². The summed E-state index contributed by atoms with van der Waals surface area (Å²) >= 11 is 0. The van der Waals surface area contributed by atoms with E-state index in [1.165, 1.54) is 77.0 Å². The Labute approximate surface area is 174 Å². The second-order valence-corrected chi connectivity index (χ2v) is 9.12. The monoisotopic (exact) mass is 433 g/mol. The average Bonchev–Trinajstić information content (AvgIpc) is 2.51. The Balaban J connectivity index is 0. The molecule has 0 bridgehead atoms. The van der Waals surface area contributed by atoms with Gasteiger partial charge < -0.3 is 11.5 Å². The van der Waals surface area contributed by atoms with E-state index in [1.807, 2.05) is 0 Å². The summed E-state index contributed by atoms with van der Waals surface area (Å²) in [5, 5.41) is 0. The third kappa shape index (κ3) is 11.5. The van der Waals surface area contributed by atoms with E-state index in [1.54, 1.807) is 0 Å². The molecule has 1 unspecified atom stereocenters. The lowest BCUT2D eigenvalue weighted by molar-refractivity contribution is 0.0723. The zero-order valence-electron chi connectivity index (χ0n) is 18.6. The second-order valence-electron chi connectivity index (χ2n) is 9.12. The molecule has 0 saturated heterocycles. The molecule has 0 rings (SSSR count). The van der Waals surface area contributed by atoms with Gasteiger partial charge in [0.15, 0.2) is 5.96 Å². The van der Waals surface area contributed by atoms with Crippen LogP contribution in [0.15, 0.2) is 4.99 Å². The van der Waals surface area contributed by atoms with E-state index in [2.05, 4.69) is 46.5 Å². The molecule has 0 radical (unpaired) electrons. The third-order valence-electron chi connectivity index (χ3n) is 6.54. The lowest BCUT2D eigenvalue weighted by Crippen LogP contribution is -2.42. The minimum atomic E-state index is 0. The van der Waals surface area contributed by atoms with Crippen molar-refractivity contribution in [3.8, 4) is 0 Å². The summed E-state index contributed by atoms with van der Waals surface area (Å²) in [6.07, 6.45) is 16.6. The lowest BCUT2D eigenvalue weighted by atomic mass is 9.62. The van der Waals surface area contributed by atoms with Crippen molar-refractivity contribution in [2.24, 2.45) is 27.3 Å². The topological polar surface area (TPSA) is 64.4 Å². The van der Waals surface area contributed by atoms with Gasteiger partial charge >= 0.3 is 0 Å². The Morgan fingerprint density at radius 2 is 1.15 bits per heavy atom. The van der Waals surface area contributed by atoms with Crippen molar-refractivity contribution in [1.82, 2.24) is 0 Å². The van der Waals surface area contributed by atoms with Crippen LogP contribution in [0, 0.1) is 10.8 Å². The fourth-order valence-electron chi connectivity index (χ4n) is 3.50. The van der Waals surface area contributed by atoms with Crippen LogP contribution in [0.3, 0.4) is 0 Å². The van der Waals surface area contributed by atoms with Gasteiger partial charge in [-0.2, -0.15) is 0 Å². The van der Waals surface area contributed by atoms with Crippen LogP contribution in [0.1, 0.15) is 119 Å². The maximum absolute atomic E-state index is 5.57. The average molecular weight is 435 g/mol. The molecule has 26 heavy (non-hydrogen) atoms. The van der Waals surface area contributed by atoms with Crippen molar-refractivity contribution in [2.45, 2.75) is 125 Å². The van der Waals surface area contributed by atoms with Crippen LogP contribution in [0.2, 0.25) is 0 Å². The van der Waals surface area contributed by atoms with Crippen LogP contribution in [-0.4, -0.2) is 12.0 Å². The number of hydrogen-bond acceptors (Lipinski definition) is 1. The molecule has 0 fully saturated rings. The van der Waals surface area contributed by atoms with Crippen LogP contribution in [-0.2, 0) is 0 Å². The molecule has 0 heterocycles. The van der Waals surface area contributed by atoms with Crippen LogP contribution < -0.4 is 11.5 Å². The highest BCUT2D eigenvalue weighted by atomic mass is 79.9. The Morgan fingerprint density at radius 1 is 0.769 bits per heavy atom. The zero-order valence-corrected chi connectivity index (χ0v) is 20.3. The van der Waals surface area contributed by atoms with Crippen molar-refractivity contribution >= 4 is 22.9 Å². The minimum Gasteiger partial charge on any atom is -0.370 e. The normalized spacial score (nSPS) is 13.2. The molecule has 0 aliphatic carbocycles. The quantitative estimate of drug-likeness (QED) is 0.166. The number of nitrogens with two attached hydrogens (primary N) is 2.